The molecular weight excluding hydrogens is 513 g/mol. The van der Waals surface area contributed by atoms with Gasteiger partial charge in [-0.3, -0.25) is 14.2 Å². The van der Waals surface area contributed by atoms with Gasteiger partial charge >= 0.3 is 0 Å². The van der Waals surface area contributed by atoms with Crippen LogP contribution in [0.1, 0.15) is 51.5 Å². The van der Waals surface area contributed by atoms with Crippen molar-refractivity contribution in [3.8, 4) is 0 Å². The van der Waals surface area contributed by atoms with E-state index in [2.05, 4.69) is 13.8 Å². The van der Waals surface area contributed by atoms with Gasteiger partial charge in [-0.2, -0.15) is 8.42 Å². The van der Waals surface area contributed by atoms with Crippen LogP contribution in [0.4, 0.5) is 5.69 Å². The van der Waals surface area contributed by atoms with Crippen LogP contribution in [0.15, 0.2) is 65.8 Å². The summed E-state index contributed by atoms with van der Waals surface area (Å²) < 4.78 is 31.7. The Labute approximate surface area is 224 Å². The second-order valence-corrected chi connectivity index (χ2v) is 12.2. The third-order valence-corrected chi connectivity index (χ3v) is 8.30. The van der Waals surface area contributed by atoms with Gasteiger partial charge in [0.1, 0.15) is 4.32 Å². The van der Waals surface area contributed by atoms with E-state index in [1.165, 1.54) is 11.8 Å². The molecule has 0 aromatic heterocycles. The van der Waals surface area contributed by atoms with E-state index in [-0.39, 0.29) is 11.7 Å². The number of amides is 1. The van der Waals surface area contributed by atoms with E-state index >= 15 is 0 Å². The zero-order valence-electron chi connectivity index (χ0n) is 20.8. The van der Waals surface area contributed by atoms with Crippen LogP contribution in [-0.4, -0.2) is 46.9 Å². The fourth-order valence-electron chi connectivity index (χ4n) is 4.44. The molecule has 194 valence electrons. The Morgan fingerprint density at radius 1 is 1.11 bits per heavy atom. The van der Waals surface area contributed by atoms with Gasteiger partial charge in [-0.05, 0) is 49.0 Å². The van der Waals surface area contributed by atoms with E-state index in [1.54, 1.807) is 4.90 Å². The zero-order valence-corrected chi connectivity index (χ0v) is 23.2. The summed E-state index contributed by atoms with van der Waals surface area (Å²) in [4.78, 5) is 17.3. The fourth-order valence-corrected chi connectivity index (χ4v) is 6.16. The number of hydrogen-bond donors (Lipinski definition) is 1. The van der Waals surface area contributed by atoms with E-state index in [1.807, 2.05) is 65.7 Å². The van der Waals surface area contributed by atoms with Gasteiger partial charge in [0, 0.05) is 30.5 Å². The van der Waals surface area contributed by atoms with Crippen LogP contribution in [0.25, 0.3) is 5.57 Å². The first-order valence-electron chi connectivity index (χ1n) is 12.3. The normalized spacial score (nSPS) is 18.4. The van der Waals surface area contributed by atoms with Gasteiger partial charge in [-0.1, -0.05) is 87.1 Å². The number of fused-ring (bicyclic) bond motifs is 1. The molecule has 1 fully saturated rings. The molecule has 1 N–H and O–H groups in total. The predicted octanol–water partition coefficient (Wildman–Crippen LogP) is 6.20. The Kier molecular flexibility index (Phi) is 10.5. The Morgan fingerprint density at radius 3 is 2.50 bits per heavy atom. The minimum Gasteiger partial charge on any atom is -0.347 e. The molecule has 3 rings (SSSR count). The molecule has 2 aliphatic heterocycles. The number of carbonyl (C=O) groups excluding carboxylic acids is 1. The van der Waals surface area contributed by atoms with Crippen LogP contribution in [0.5, 0.6) is 0 Å². The molecule has 0 unspecified atom stereocenters. The SMILES string of the molecule is CCCC(CCC)CN1C(=O)/C(=C/C=C/C=C2/C=CN(CCCS(=O)(=O)O)c3ccccc32)SC1=S. The van der Waals surface area contributed by atoms with Gasteiger partial charge < -0.3 is 4.90 Å². The predicted molar refractivity (Wildman–Crippen MR) is 154 cm³/mol. The largest absolute Gasteiger partial charge is 0.347 e. The molecule has 0 spiro atoms. The summed E-state index contributed by atoms with van der Waals surface area (Å²) >= 11 is 6.86. The second kappa shape index (κ2) is 13.4. The topological polar surface area (TPSA) is 77.9 Å². The summed E-state index contributed by atoms with van der Waals surface area (Å²) in [5.74, 6) is 0.200. The third kappa shape index (κ3) is 7.90. The van der Waals surface area contributed by atoms with Crippen molar-refractivity contribution in [2.24, 2.45) is 5.92 Å². The second-order valence-electron chi connectivity index (χ2n) is 8.93. The van der Waals surface area contributed by atoms with Crippen LogP contribution < -0.4 is 4.90 Å². The zero-order chi connectivity index (χ0) is 26.1. The summed E-state index contributed by atoms with van der Waals surface area (Å²) in [6.07, 6.45) is 16.2. The van der Waals surface area contributed by atoms with Gasteiger partial charge in [0.2, 0.25) is 0 Å². The van der Waals surface area contributed by atoms with Crippen molar-refractivity contribution in [3.05, 3.63) is 71.3 Å². The van der Waals surface area contributed by atoms with Gasteiger partial charge in [-0.25, -0.2) is 0 Å². The number of anilines is 1. The molecule has 2 heterocycles. The van der Waals surface area contributed by atoms with E-state index in [4.69, 9.17) is 16.8 Å². The first kappa shape index (κ1) is 28.4. The molecule has 1 amide bonds. The van der Waals surface area contributed by atoms with Crippen molar-refractivity contribution in [1.82, 2.24) is 4.90 Å². The lowest BCUT2D eigenvalue weighted by molar-refractivity contribution is -0.122. The van der Waals surface area contributed by atoms with Crippen molar-refractivity contribution in [2.45, 2.75) is 46.0 Å². The maximum atomic E-state index is 12.9. The van der Waals surface area contributed by atoms with Gasteiger partial charge in [0.25, 0.3) is 16.0 Å². The number of rotatable bonds is 12. The lowest BCUT2D eigenvalue weighted by Gasteiger charge is -2.27. The van der Waals surface area contributed by atoms with Crippen molar-refractivity contribution >= 4 is 55.6 Å². The maximum absolute atomic E-state index is 12.9. The average molecular weight is 547 g/mol. The monoisotopic (exact) mass is 546 g/mol. The molecular formula is C27H34N2O4S3. The van der Waals surface area contributed by atoms with Crippen molar-refractivity contribution < 1.29 is 17.8 Å². The summed E-state index contributed by atoms with van der Waals surface area (Å²) in [7, 11) is -3.97. The summed E-state index contributed by atoms with van der Waals surface area (Å²) in [6, 6.07) is 7.90. The summed E-state index contributed by atoms with van der Waals surface area (Å²) in [6.45, 7) is 5.52. The van der Waals surface area contributed by atoms with Crippen molar-refractivity contribution in [1.29, 1.82) is 0 Å². The number of para-hydroxylation sites is 1. The fraction of sp³-hybridized carbons (Fsp3) is 0.407. The highest BCUT2D eigenvalue weighted by molar-refractivity contribution is 8.26. The Hall–Kier alpha value is -2.20. The smallest absolute Gasteiger partial charge is 0.266 e. The highest BCUT2D eigenvalue weighted by Gasteiger charge is 2.32. The molecule has 1 saturated heterocycles. The van der Waals surface area contributed by atoms with E-state index < -0.39 is 10.1 Å². The minimum absolute atomic E-state index is 0.0112. The van der Waals surface area contributed by atoms with Crippen LogP contribution in [-0.2, 0) is 14.9 Å². The molecule has 0 radical (unpaired) electrons. The van der Waals surface area contributed by atoms with E-state index in [9.17, 15) is 13.2 Å². The van der Waals surface area contributed by atoms with Crippen LogP contribution in [0.3, 0.4) is 0 Å². The molecule has 0 aliphatic carbocycles. The first-order valence-corrected chi connectivity index (χ1v) is 15.2. The Bertz CT molecular complexity index is 1180. The highest BCUT2D eigenvalue weighted by atomic mass is 32.2. The summed E-state index contributed by atoms with van der Waals surface area (Å²) in [5, 5.41) is 0. The highest BCUT2D eigenvalue weighted by Crippen LogP contribution is 2.34. The third-order valence-electron chi connectivity index (χ3n) is 6.10. The number of carbonyl (C=O) groups is 1. The number of nitrogens with zero attached hydrogens (tertiary/aromatic N) is 2. The molecule has 6 nitrogen and oxygen atoms in total. The molecule has 9 heteroatoms. The molecule has 0 bridgehead atoms. The quantitative estimate of drug-likeness (QED) is 0.190. The number of hydrogen-bond acceptors (Lipinski definition) is 6. The van der Waals surface area contributed by atoms with Crippen molar-refractivity contribution in [3.63, 3.8) is 0 Å². The van der Waals surface area contributed by atoms with E-state index in [0.29, 0.717) is 34.7 Å². The number of benzene rings is 1. The van der Waals surface area contributed by atoms with Gasteiger partial charge in [-0.15, -0.1) is 0 Å². The number of thioether (sulfide) groups is 1. The lowest BCUT2D eigenvalue weighted by Crippen LogP contribution is -2.33. The van der Waals surface area contributed by atoms with Crippen LogP contribution >= 0.6 is 24.0 Å². The standard InChI is InChI=1S/C27H34N2O4S3/c1-3-10-21(11-4-2)20-29-26(30)25(35-27(29)34)15-8-5-12-22-16-18-28(17-9-19-36(31,32)33)24-14-7-6-13-23(22)24/h5-8,12-16,18,21H,3-4,9-11,17,19-20H2,1-2H3,(H,31,32,33)/b8-5+,22-12-,25-15-. The average Bonchev–Trinajstić information content (AvgIpc) is 3.09. The molecule has 1 aromatic rings. The number of allylic oxidation sites excluding steroid dienone is 6. The first-order chi connectivity index (χ1) is 17.2. The number of thiocarbonyl (C=S) groups is 1. The molecule has 2 aliphatic rings. The van der Waals surface area contributed by atoms with Crippen LogP contribution in [0, 0.1) is 5.92 Å². The Morgan fingerprint density at radius 2 is 1.81 bits per heavy atom. The summed E-state index contributed by atoms with van der Waals surface area (Å²) in [5.41, 5.74) is 3.01. The lowest BCUT2D eigenvalue weighted by atomic mass is 9.98. The van der Waals surface area contributed by atoms with Gasteiger partial charge in [0.05, 0.1) is 10.7 Å². The minimum atomic E-state index is -3.97. The Balaban J connectivity index is 1.67. The molecule has 36 heavy (non-hydrogen) atoms. The molecule has 0 saturated carbocycles. The maximum Gasteiger partial charge on any atom is 0.266 e. The molecule has 1 aromatic carbocycles. The van der Waals surface area contributed by atoms with Crippen molar-refractivity contribution in [2.75, 3.05) is 23.7 Å². The van der Waals surface area contributed by atoms with Gasteiger partial charge in [0.15, 0.2) is 0 Å². The van der Waals surface area contributed by atoms with E-state index in [0.717, 1.165) is 42.5 Å². The van der Waals surface area contributed by atoms with Crippen LogP contribution in [0.2, 0.25) is 0 Å². The molecule has 0 atom stereocenters.